The zero-order valence-electron chi connectivity index (χ0n) is 7.87. The largest absolute Gasteiger partial charge is 0.504 e. The maximum atomic E-state index is 9.27. The molecule has 0 aliphatic carbocycles. The first-order valence-electron chi connectivity index (χ1n) is 4.24. The van der Waals surface area contributed by atoms with Crippen molar-refractivity contribution in [2.24, 2.45) is 0 Å². The maximum Gasteiger partial charge on any atom is 0.160 e. The number of ether oxygens (including phenoxy) is 1. The fourth-order valence-corrected chi connectivity index (χ4v) is 1.14. The van der Waals surface area contributed by atoms with Gasteiger partial charge in [-0.2, -0.15) is 0 Å². The SMILES string of the molecule is CCOCc1cc(C)c(O)c(O)c1. The van der Waals surface area contributed by atoms with Gasteiger partial charge in [0.15, 0.2) is 11.5 Å². The van der Waals surface area contributed by atoms with Crippen molar-refractivity contribution in [2.75, 3.05) is 6.61 Å². The summed E-state index contributed by atoms with van der Waals surface area (Å²) in [5.41, 5.74) is 1.53. The van der Waals surface area contributed by atoms with E-state index in [9.17, 15) is 10.2 Å². The highest BCUT2D eigenvalue weighted by molar-refractivity contribution is 5.46. The number of hydrogen-bond donors (Lipinski definition) is 2. The quantitative estimate of drug-likeness (QED) is 0.702. The highest BCUT2D eigenvalue weighted by atomic mass is 16.5. The lowest BCUT2D eigenvalue weighted by Crippen LogP contribution is -1.92. The van der Waals surface area contributed by atoms with Crippen molar-refractivity contribution in [1.29, 1.82) is 0 Å². The van der Waals surface area contributed by atoms with Crippen molar-refractivity contribution in [3.05, 3.63) is 23.3 Å². The molecule has 0 saturated carbocycles. The molecule has 0 heterocycles. The first-order chi connectivity index (χ1) is 6.15. The van der Waals surface area contributed by atoms with Gasteiger partial charge in [0.25, 0.3) is 0 Å². The zero-order chi connectivity index (χ0) is 9.84. The number of phenolic OH excluding ortho intramolecular Hbond substituents is 2. The van der Waals surface area contributed by atoms with E-state index >= 15 is 0 Å². The smallest absolute Gasteiger partial charge is 0.160 e. The third-order valence-electron chi connectivity index (χ3n) is 1.81. The Morgan fingerprint density at radius 3 is 2.54 bits per heavy atom. The summed E-state index contributed by atoms with van der Waals surface area (Å²) in [6.45, 7) is 4.75. The van der Waals surface area contributed by atoms with Crippen LogP contribution < -0.4 is 0 Å². The molecule has 13 heavy (non-hydrogen) atoms. The highest BCUT2D eigenvalue weighted by Gasteiger charge is 2.04. The van der Waals surface area contributed by atoms with Gasteiger partial charge in [0.05, 0.1) is 6.61 Å². The van der Waals surface area contributed by atoms with Gasteiger partial charge in [0.1, 0.15) is 0 Å². The Hall–Kier alpha value is -1.22. The zero-order valence-corrected chi connectivity index (χ0v) is 7.87. The second kappa shape index (κ2) is 4.14. The summed E-state index contributed by atoms with van der Waals surface area (Å²) in [4.78, 5) is 0. The average molecular weight is 182 g/mol. The van der Waals surface area contributed by atoms with E-state index in [-0.39, 0.29) is 11.5 Å². The Morgan fingerprint density at radius 1 is 1.31 bits per heavy atom. The minimum Gasteiger partial charge on any atom is -0.504 e. The van der Waals surface area contributed by atoms with Gasteiger partial charge >= 0.3 is 0 Å². The fourth-order valence-electron chi connectivity index (χ4n) is 1.14. The first kappa shape index (κ1) is 9.86. The second-order valence-electron chi connectivity index (χ2n) is 2.92. The van der Waals surface area contributed by atoms with Crippen LogP contribution in [-0.4, -0.2) is 16.8 Å². The lowest BCUT2D eigenvalue weighted by atomic mass is 10.1. The summed E-state index contributed by atoms with van der Waals surface area (Å²) in [7, 11) is 0. The topological polar surface area (TPSA) is 49.7 Å². The van der Waals surface area contributed by atoms with Crippen molar-refractivity contribution < 1.29 is 14.9 Å². The predicted octanol–water partition coefficient (Wildman–Crippen LogP) is 1.94. The molecule has 0 fully saturated rings. The summed E-state index contributed by atoms with van der Waals surface area (Å²) in [5.74, 6) is -0.144. The lowest BCUT2D eigenvalue weighted by molar-refractivity contribution is 0.134. The molecule has 0 atom stereocenters. The van der Waals surface area contributed by atoms with Crippen LogP contribution in [-0.2, 0) is 11.3 Å². The number of phenols is 2. The van der Waals surface area contributed by atoms with E-state index in [4.69, 9.17) is 4.74 Å². The van der Waals surface area contributed by atoms with Crippen LogP contribution in [0.5, 0.6) is 11.5 Å². The Morgan fingerprint density at radius 2 is 2.00 bits per heavy atom. The number of aryl methyl sites for hydroxylation is 1. The molecule has 72 valence electrons. The molecule has 3 nitrogen and oxygen atoms in total. The van der Waals surface area contributed by atoms with Crippen LogP contribution in [0.15, 0.2) is 12.1 Å². The van der Waals surface area contributed by atoms with Crippen LogP contribution in [0.2, 0.25) is 0 Å². The standard InChI is InChI=1S/C10H14O3/c1-3-13-6-8-4-7(2)10(12)9(11)5-8/h4-5,11-12H,3,6H2,1-2H3. The van der Waals surface area contributed by atoms with Gasteiger partial charge in [0, 0.05) is 6.61 Å². The van der Waals surface area contributed by atoms with Crippen LogP contribution >= 0.6 is 0 Å². The summed E-state index contributed by atoms with van der Waals surface area (Å²) in [5, 5.41) is 18.5. The molecule has 0 radical (unpaired) electrons. The summed E-state index contributed by atoms with van der Waals surface area (Å²) >= 11 is 0. The lowest BCUT2D eigenvalue weighted by Gasteiger charge is -2.06. The van der Waals surface area contributed by atoms with Crippen molar-refractivity contribution in [2.45, 2.75) is 20.5 Å². The summed E-state index contributed by atoms with van der Waals surface area (Å²) in [6.07, 6.45) is 0. The van der Waals surface area contributed by atoms with Crippen molar-refractivity contribution in [1.82, 2.24) is 0 Å². The average Bonchev–Trinajstić information content (AvgIpc) is 2.10. The molecule has 1 rings (SSSR count). The third-order valence-corrected chi connectivity index (χ3v) is 1.81. The molecule has 0 bridgehead atoms. The summed E-state index contributed by atoms with van der Waals surface area (Å²) in [6, 6.07) is 3.31. The summed E-state index contributed by atoms with van der Waals surface area (Å²) < 4.78 is 5.18. The minimum atomic E-state index is -0.0882. The van der Waals surface area contributed by atoms with Gasteiger partial charge < -0.3 is 14.9 Å². The van der Waals surface area contributed by atoms with Crippen molar-refractivity contribution >= 4 is 0 Å². The normalized spacial score (nSPS) is 10.3. The Labute approximate surface area is 77.6 Å². The predicted molar refractivity (Wildman–Crippen MR) is 49.8 cm³/mol. The molecular weight excluding hydrogens is 168 g/mol. The molecule has 0 saturated heterocycles. The van der Waals surface area contributed by atoms with Crippen LogP contribution in [0.4, 0.5) is 0 Å². The van der Waals surface area contributed by atoms with Crippen molar-refractivity contribution in [3.63, 3.8) is 0 Å². The van der Waals surface area contributed by atoms with Gasteiger partial charge in [-0.3, -0.25) is 0 Å². The van der Waals surface area contributed by atoms with Gasteiger partial charge in [0.2, 0.25) is 0 Å². The van der Waals surface area contributed by atoms with Crippen LogP contribution in [0.3, 0.4) is 0 Å². The Bertz CT molecular complexity index is 271. The molecule has 0 amide bonds. The van der Waals surface area contributed by atoms with Gasteiger partial charge in [-0.25, -0.2) is 0 Å². The molecule has 3 heteroatoms. The number of benzene rings is 1. The molecule has 1 aromatic carbocycles. The first-order valence-corrected chi connectivity index (χ1v) is 4.24. The van der Waals surface area contributed by atoms with Gasteiger partial charge in [-0.1, -0.05) is 0 Å². The second-order valence-corrected chi connectivity index (χ2v) is 2.92. The Balaban J connectivity index is 2.86. The minimum absolute atomic E-state index is 0.0553. The molecule has 0 aromatic heterocycles. The Kier molecular flexibility index (Phi) is 3.14. The van der Waals surface area contributed by atoms with Crippen LogP contribution in [0, 0.1) is 6.92 Å². The van der Waals surface area contributed by atoms with Crippen molar-refractivity contribution in [3.8, 4) is 11.5 Å². The van der Waals surface area contributed by atoms with E-state index in [0.717, 1.165) is 5.56 Å². The highest BCUT2D eigenvalue weighted by Crippen LogP contribution is 2.29. The van der Waals surface area contributed by atoms with E-state index in [1.54, 1.807) is 13.0 Å². The van der Waals surface area contributed by atoms with E-state index in [2.05, 4.69) is 0 Å². The molecule has 0 aliphatic rings. The molecule has 1 aromatic rings. The number of aromatic hydroxyl groups is 2. The molecule has 0 unspecified atom stereocenters. The molecule has 0 aliphatic heterocycles. The molecule has 2 N–H and O–H groups in total. The maximum absolute atomic E-state index is 9.27. The van der Waals surface area contributed by atoms with Crippen LogP contribution in [0.25, 0.3) is 0 Å². The van der Waals surface area contributed by atoms with E-state index in [1.807, 2.05) is 6.92 Å². The number of hydrogen-bond acceptors (Lipinski definition) is 3. The monoisotopic (exact) mass is 182 g/mol. The third kappa shape index (κ3) is 2.36. The van der Waals surface area contributed by atoms with Gasteiger partial charge in [-0.05, 0) is 37.1 Å². The van der Waals surface area contributed by atoms with E-state index < -0.39 is 0 Å². The fraction of sp³-hybridized carbons (Fsp3) is 0.400. The van der Waals surface area contributed by atoms with E-state index in [1.165, 1.54) is 6.07 Å². The van der Waals surface area contributed by atoms with Gasteiger partial charge in [-0.15, -0.1) is 0 Å². The molecule has 0 spiro atoms. The molecular formula is C10H14O3. The van der Waals surface area contributed by atoms with Crippen LogP contribution in [0.1, 0.15) is 18.1 Å². The van der Waals surface area contributed by atoms with E-state index in [0.29, 0.717) is 18.8 Å². The number of rotatable bonds is 3.